The Bertz CT molecular complexity index is 1020. The number of methoxy groups -OCH3 is 1. The van der Waals surface area contributed by atoms with Crippen molar-refractivity contribution in [2.45, 2.75) is 5.92 Å². The van der Waals surface area contributed by atoms with Gasteiger partial charge in [0.2, 0.25) is 5.88 Å². The molecule has 2 aromatic carbocycles. The maximum Gasteiger partial charge on any atom is 0.205 e. The average molecular weight is 383 g/mol. The molecule has 0 aromatic heterocycles. The molecule has 0 fully saturated rings. The van der Waals surface area contributed by atoms with Crippen molar-refractivity contribution < 1.29 is 19.3 Å². The third-order valence-electron chi connectivity index (χ3n) is 4.09. The van der Waals surface area contributed by atoms with Gasteiger partial charge in [-0.3, -0.25) is 0 Å². The van der Waals surface area contributed by atoms with Gasteiger partial charge >= 0.3 is 0 Å². The molecule has 0 saturated carbocycles. The summed E-state index contributed by atoms with van der Waals surface area (Å²) in [7, 11) is 1.48. The highest BCUT2D eigenvalue weighted by atomic mass is 35.5. The van der Waals surface area contributed by atoms with Gasteiger partial charge in [-0.15, -0.1) is 6.42 Å². The van der Waals surface area contributed by atoms with Crippen molar-refractivity contribution in [3.63, 3.8) is 0 Å². The first-order chi connectivity index (χ1) is 13.0. The van der Waals surface area contributed by atoms with Crippen LogP contribution in [0.5, 0.6) is 23.0 Å². The number of halogens is 1. The molecule has 0 aliphatic carbocycles. The summed E-state index contributed by atoms with van der Waals surface area (Å²) < 4.78 is 16.3. The molecule has 1 heterocycles. The topological polar surface area (TPSA) is 97.7 Å². The van der Waals surface area contributed by atoms with E-state index in [-0.39, 0.29) is 28.8 Å². The van der Waals surface area contributed by atoms with E-state index >= 15 is 0 Å². The van der Waals surface area contributed by atoms with Crippen LogP contribution in [0.3, 0.4) is 0 Å². The van der Waals surface area contributed by atoms with Crippen molar-refractivity contribution in [1.29, 1.82) is 5.26 Å². The summed E-state index contributed by atoms with van der Waals surface area (Å²) in [5.74, 6) is 2.85. The predicted octanol–water partition coefficient (Wildman–Crippen LogP) is 3.28. The fourth-order valence-electron chi connectivity index (χ4n) is 2.95. The summed E-state index contributed by atoms with van der Waals surface area (Å²) in [5.41, 5.74) is 7.47. The lowest BCUT2D eigenvalue weighted by Crippen LogP contribution is -2.21. The zero-order valence-electron chi connectivity index (χ0n) is 14.3. The molecular weight excluding hydrogens is 368 g/mol. The molecular formula is C20H15ClN2O4. The SMILES string of the molecule is C#CCOc1c(Cl)cc([C@@H]2C(C#N)=C(N)Oc3cc(O)ccc32)cc1OC. The number of nitriles is 1. The molecule has 0 radical (unpaired) electrons. The van der Waals surface area contributed by atoms with Gasteiger partial charge in [0.25, 0.3) is 0 Å². The van der Waals surface area contributed by atoms with Crippen LogP contribution in [0, 0.1) is 23.7 Å². The van der Waals surface area contributed by atoms with Crippen molar-refractivity contribution in [3.05, 3.63) is 57.9 Å². The Hall–Kier alpha value is -3.48. The van der Waals surface area contributed by atoms with Crippen molar-refractivity contribution in [2.75, 3.05) is 13.7 Å². The van der Waals surface area contributed by atoms with Crippen LogP contribution in [0.4, 0.5) is 0 Å². The normalized spacial score (nSPS) is 15.2. The first-order valence-electron chi connectivity index (χ1n) is 7.84. The zero-order chi connectivity index (χ0) is 19.6. The van der Waals surface area contributed by atoms with Crippen LogP contribution in [-0.2, 0) is 0 Å². The Balaban J connectivity index is 2.19. The first-order valence-corrected chi connectivity index (χ1v) is 8.22. The number of nitrogens with two attached hydrogens (primary N) is 1. The number of fused-ring (bicyclic) bond motifs is 1. The molecule has 2 aromatic rings. The second kappa shape index (κ2) is 7.41. The second-order valence-corrected chi connectivity index (χ2v) is 6.08. The van der Waals surface area contributed by atoms with Gasteiger partial charge in [-0.2, -0.15) is 5.26 Å². The summed E-state index contributed by atoms with van der Waals surface area (Å²) in [5, 5.41) is 19.6. The Morgan fingerprint density at radius 1 is 1.37 bits per heavy atom. The molecule has 0 unspecified atom stereocenters. The van der Waals surface area contributed by atoms with E-state index in [9.17, 15) is 10.4 Å². The maximum atomic E-state index is 9.72. The lowest BCUT2D eigenvalue weighted by molar-refractivity contribution is 0.330. The summed E-state index contributed by atoms with van der Waals surface area (Å²) in [6.45, 7) is 0.0328. The molecule has 7 heteroatoms. The summed E-state index contributed by atoms with van der Waals surface area (Å²) in [6.07, 6.45) is 5.23. The molecule has 3 rings (SSSR count). The van der Waals surface area contributed by atoms with Gasteiger partial charge in [0.1, 0.15) is 29.7 Å². The van der Waals surface area contributed by atoms with Crippen molar-refractivity contribution in [1.82, 2.24) is 0 Å². The first kappa shape index (κ1) is 18.3. The van der Waals surface area contributed by atoms with Gasteiger partial charge in [-0.1, -0.05) is 23.6 Å². The zero-order valence-corrected chi connectivity index (χ0v) is 15.1. The van der Waals surface area contributed by atoms with Gasteiger partial charge < -0.3 is 25.1 Å². The molecule has 3 N–H and O–H groups in total. The Morgan fingerprint density at radius 2 is 2.15 bits per heavy atom. The number of ether oxygens (including phenoxy) is 3. The van der Waals surface area contributed by atoms with Gasteiger partial charge in [0.05, 0.1) is 18.1 Å². The molecule has 1 atom stereocenters. The summed E-state index contributed by atoms with van der Waals surface area (Å²) >= 11 is 6.37. The van der Waals surface area contributed by atoms with Gasteiger partial charge in [-0.25, -0.2) is 0 Å². The van der Waals surface area contributed by atoms with E-state index in [0.717, 1.165) is 0 Å². The lowest BCUT2D eigenvalue weighted by atomic mass is 9.83. The average Bonchev–Trinajstić information content (AvgIpc) is 2.65. The van der Waals surface area contributed by atoms with Crippen LogP contribution in [0.25, 0.3) is 0 Å². The number of benzene rings is 2. The number of allylic oxidation sites excluding steroid dienone is 1. The monoisotopic (exact) mass is 382 g/mol. The third-order valence-corrected chi connectivity index (χ3v) is 4.37. The van der Waals surface area contributed by atoms with Crippen molar-refractivity contribution in [2.24, 2.45) is 5.73 Å². The van der Waals surface area contributed by atoms with E-state index in [2.05, 4.69) is 12.0 Å². The number of rotatable bonds is 4. The minimum atomic E-state index is -0.549. The summed E-state index contributed by atoms with van der Waals surface area (Å²) in [6, 6.07) is 10.1. The molecule has 136 valence electrons. The Kier molecular flexibility index (Phi) is 5.03. The highest BCUT2D eigenvalue weighted by molar-refractivity contribution is 6.32. The molecule has 0 amide bonds. The predicted molar refractivity (Wildman–Crippen MR) is 99.7 cm³/mol. The van der Waals surface area contributed by atoms with Crippen LogP contribution in [-0.4, -0.2) is 18.8 Å². The quantitative estimate of drug-likeness (QED) is 0.787. The Labute approximate surface area is 161 Å². The summed E-state index contributed by atoms with van der Waals surface area (Å²) in [4.78, 5) is 0. The van der Waals surface area contributed by atoms with E-state index in [0.29, 0.717) is 28.4 Å². The lowest BCUT2D eigenvalue weighted by Gasteiger charge is -2.27. The number of hydrogen-bond donors (Lipinski definition) is 2. The number of hydrogen-bond acceptors (Lipinski definition) is 6. The standard InChI is InChI=1S/C20H15ClN2O4/c1-3-6-26-19-15(21)7-11(8-17(19)25-2)18-13-5-4-12(24)9-16(13)27-20(23)14(18)10-22/h1,4-5,7-9,18,24H,6,23H2,2H3/t18-/m0/s1. The van der Waals surface area contributed by atoms with Crippen molar-refractivity contribution in [3.8, 4) is 41.4 Å². The van der Waals surface area contributed by atoms with Crippen LogP contribution in [0.1, 0.15) is 17.0 Å². The highest BCUT2D eigenvalue weighted by Crippen LogP contribution is 2.46. The number of nitrogens with zero attached hydrogens (tertiary/aromatic N) is 1. The molecule has 1 aliphatic heterocycles. The molecule has 1 aliphatic rings. The van der Waals surface area contributed by atoms with Gasteiger partial charge in [-0.05, 0) is 23.8 Å². The van der Waals surface area contributed by atoms with Crippen molar-refractivity contribution >= 4 is 11.6 Å². The van der Waals surface area contributed by atoms with Crippen LogP contribution in [0.2, 0.25) is 5.02 Å². The van der Waals surface area contributed by atoms with E-state index in [1.807, 2.05) is 0 Å². The highest BCUT2D eigenvalue weighted by Gasteiger charge is 2.32. The van der Waals surface area contributed by atoms with E-state index in [4.69, 9.17) is 38.0 Å². The van der Waals surface area contributed by atoms with E-state index in [1.165, 1.54) is 19.2 Å². The van der Waals surface area contributed by atoms with Crippen LogP contribution < -0.4 is 19.9 Å². The molecule has 0 bridgehead atoms. The minimum Gasteiger partial charge on any atom is -0.508 e. The van der Waals surface area contributed by atoms with E-state index < -0.39 is 5.92 Å². The van der Waals surface area contributed by atoms with Gasteiger partial charge in [0.15, 0.2) is 11.5 Å². The molecule has 6 nitrogen and oxygen atoms in total. The van der Waals surface area contributed by atoms with E-state index in [1.54, 1.807) is 18.2 Å². The fourth-order valence-corrected chi connectivity index (χ4v) is 3.22. The number of aromatic hydroxyl groups is 1. The van der Waals surface area contributed by atoms with Gasteiger partial charge in [0, 0.05) is 11.6 Å². The number of phenolic OH excluding ortho intramolecular Hbond substituents is 1. The fraction of sp³-hybridized carbons (Fsp3) is 0.150. The molecule has 0 saturated heterocycles. The second-order valence-electron chi connectivity index (χ2n) is 5.67. The maximum absolute atomic E-state index is 9.72. The van der Waals surface area contributed by atoms with Crippen LogP contribution >= 0.6 is 11.6 Å². The largest absolute Gasteiger partial charge is 0.508 e. The minimum absolute atomic E-state index is 0.0225. The molecule has 27 heavy (non-hydrogen) atoms. The number of terminal acetylenes is 1. The third kappa shape index (κ3) is 3.31. The number of phenols is 1. The molecule has 0 spiro atoms. The Morgan fingerprint density at radius 3 is 2.81 bits per heavy atom. The van der Waals surface area contributed by atoms with Crippen LogP contribution in [0.15, 0.2) is 41.8 Å². The smallest absolute Gasteiger partial charge is 0.205 e.